The first-order valence-corrected chi connectivity index (χ1v) is 11.3. The van der Waals surface area contributed by atoms with E-state index in [0.717, 1.165) is 5.56 Å². The number of ether oxygens (including phenoxy) is 1. The second-order valence-corrected chi connectivity index (χ2v) is 8.63. The maximum absolute atomic E-state index is 13.1. The fraction of sp³-hybridized carbons (Fsp3) is 0.292. The number of benzene rings is 2. The summed E-state index contributed by atoms with van der Waals surface area (Å²) in [6, 6.07) is 16.1. The summed E-state index contributed by atoms with van der Waals surface area (Å²) in [5, 5.41) is 17.9. The Labute approximate surface area is 201 Å². The van der Waals surface area contributed by atoms with Gasteiger partial charge in [-0.3, -0.25) is 9.59 Å². The van der Waals surface area contributed by atoms with Gasteiger partial charge in [0.2, 0.25) is 0 Å². The van der Waals surface area contributed by atoms with Crippen LogP contribution >= 0.6 is 11.6 Å². The molecule has 34 heavy (non-hydrogen) atoms. The van der Waals surface area contributed by atoms with Crippen LogP contribution < -0.4 is 0 Å². The van der Waals surface area contributed by atoms with Crippen molar-refractivity contribution < 1.29 is 14.3 Å². The van der Waals surface area contributed by atoms with E-state index in [9.17, 15) is 9.59 Å². The molecule has 0 aliphatic carbocycles. The van der Waals surface area contributed by atoms with Gasteiger partial charge in [-0.2, -0.15) is 5.26 Å². The van der Waals surface area contributed by atoms with Crippen LogP contribution in [0.4, 0.5) is 0 Å². The summed E-state index contributed by atoms with van der Waals surface area (Å²) in [7, 11) is 0. The van der Waals surface area contributed by atoms with Crippen molar-refractivity contribution in [1.29, 1.82) is 5.26 Å². The van der Waals surface area contributed by atoms with Crippen LogP contribution in [0.1, 0.15) is 43.8 Å². The molecule has 0 saturated carbocycles. The highest BCUT2D eigenvalue weighted by atomic mass is 35.5. The van der Waals surface area contributed by atoms with Gasteiger partial charge in [-0.05, 0) is 42.0 Å². The van der Waals surface area contributed by atoms with E-state index < -0.39 is 0 Å². The van der Waals surface area contributed by atoms with Gasteiger partial charge in [0, 0.05) is 36.8 Å². The van der Waals surface area contributed by atoms with Gasteiger partial charge in [-0.25, -0.2) is 4.68 Å². The number of rotatable bonds is 3. The summed E-state index contributed by atoms with van der Waals surface area (Å²) in [5.41, 5.74) is 2.97. The Balaban J connectivity index is 1.21. The van der Waals surface area contributed by atoms with Gasteiger partial charge in [0.15, 0.2) is 5.69 Å². The Morgan fingerprint density at radius 3 is 2.26 bits per heavy atom. The Hall–Kier alpha value is -3.74. The molecule has 0 unspecified atom stereocenters. The Morgan fingerprint density at radius 2 is 1.62 bits per heavy atom. The van der Waals surface area contributed by atoms with Gasteiger partial charge >= 0.3 is 0 Å². The van der Waals surface area contributed by atoms with E-state index >= 15 is 0 Å². The first kappa shape index (κ1) is 22.1. The lowest BCUT2D eigenvalue weighted by Gasteiger charge is -2.34. The van der Waals surface area contributed by atoms with Crippen LogP contribution in [0.5, 0.6) is 0 Å². The monoisotopic (exact) mass is 476 g/mol. The zero-order chi connectivity index (χ0) is 23.7. The molecule has 3 heterocycles. The van der Waals surface area contributed by atoms with Crippen LogP contribution in [0.25, 0.3) is 0 Å². The van der Waals surface area contributed by atoms with Crippen molar-refractivity contribution in [3.8, 4) is 6.07 Å². The quantitative estimate of drug-likeness (QED) is 0.575. The molecule has 1 atom stereocenters. The van der Waals surface area contributed by atoms with Crippen molar-refractivity contribution in [3.05, 3.63) is 81.6 Å². The molecule has 172 valence electrons. The fourth-order valence-electron chi connectivity index (χ4n) is 4.19. The number of hydrogen-bond acceptors (Lipinski definition) is 6. The Kier molecular flexibility index (Phi) is 6.01. The molecule has 0 bridgehead atoms. The van der Waals surface area contributed by atoms with E-state index in [1.165, 1.54) is 0 Å². The number of hydrogen-bond donors (Lipinski definition) is 0. The lowest BCUT2D eigenvalue weighted by molar-refractivity contribution is -0.00202. The first-order valence-electron chi connectivity index (χ1n) is 10.9. The molecule has 2 aliphatic rings. The number of carbonyl (C=O) groups is 2. The number of amides is 2. The Morgan fingerprint density at radius 1 is 0.971 bits per heavy atom. The number of fused-ring (bicyclic) bond motifs is 1. The standard InChI is InChI=1S/C24H21ClN6O3/c25-19-7-5-17(6-8-19)21-14-31-20(15-34-21)22(27-28-31)24(33)30-11-9-29(10-12-30)23(32)18-3-1-16(13-26)2-4-18/h1-8,21H,9-12,14-15H2/t21-/m1/s1. The molecule has 2 aromatic carbocycles. The zero-order valence-corrected chi connectivity index (χ0v) is 19.0. The topological polar surface area (TPSA) is 104 Å². The molecule has 9 nitrogen and oxygen atoms in total. The minimum absolute atomic E-state index is 0.112. The van der Waals surface area contributed by atoms with Crippen LogP contribution in [0.3, 0.4) is 0 Å². The molecular formula is C24H21ClN6O3. The normalized spacial score (nSPS) is 17.7. The van der Waals surface area contributed by atoms with Gasteiger partial charge in [0.1, 0.15) is 6.10 Å². The van der Waals surface area contributed by atoms with Crippen LogP contribution in [0.2, 0.25) is 5.02 Å². The number of carbonyl (C=O) groups excluding carboxylic acids is 2. The van der Waals surface area contributed by atoms with E-state index in [0.29, 0.717) is 60.3 Å². The zero-order valence-electron chi connectivity index (χ0n) is 18.2. The molecule has 0 N–H and O–H groups in total. The second kappa shape index (κ2) is 9.25. The van der Waals surface area contributed by atoms with Gasteiger partial charge in [0.05, 0.1) is 30.5 Å². The summed E-state index contributed by atoms with van der Waals surface area (Å²) in [6.45, 7) is 2.35. The van der Waals surface area contributed by atoms with Gasteiger partial charge < -0.3 is 14.5 Å². The summed E-state index contributed by atoms with van der Waals surface area (Å²) in [4.78, 5) is 29.3. The number of nitrogens with zero attached hydrogens (tertiary/aromatic N) is 6. The highest BCUT2D eigenvalue weighted by Gasteiger charge is 2.32. The molecule has 10 heteroatoms. The van der Waals surface area contributed by atoms with Crippen LogP contribution in [0, 0.1) is 11.3 Å². The number of piperazine rings is 1. The lowest BCUT2D eigenvalue weighted by Crippen LogP contribution is -2.50. The van der Waals surface area contributed by atoms with Crippen molar-refractivity contribution in [2.75, 3.05) is 26.2 Å². The fourth-order valence-corrected chi connectivity index (χ4v) is 4.32. The highest BCUT2D eigenvalue weighted by molar-refractivity contribution is 6.30. The molecule has 0 radical (unpaired) electrons. The molecule has 0 spiro atoms. The predicted octanol–water partition coefficient (Wildman–Crippen LogP) is 2.67. The van der Waals surface area contributed by atoms with Gasteiger partial charge in [-0.1, -0.05) is 28.9 Å². The van der Waals surface area contributed by atoms with E-state index in [-0.39, 0.29) is 24.5 Å². The first-order chi connectivity index (χ1) is 16.5. The van der Waals surface area contributed by atoms with Crippen molar-refractivity contribution in [2.45, 2.75) is 19.3 Å². The minimum atomic E-state index is -0.208. The summed E-state index contributed by atoms with van der Waals surface area (Å²) in [6.07, 6.45) is -0.189. The van der Waals surface area contributed by atoms with E-state index in [2.05, 4.69) is 10.3 Å². The van der Waals surface area contributed by atoms with Crippen molar-refractivity contribution in [1.82, 2.24) is 24.8 Å². The number of aromatic nitrogens is 3. The second-order valence-electron chi connectivity index (χ2n) is 8.19. The van der Waals surface area contributed by atoms with Gasteiger partial charge in [0.25, 0.3) is 11.8 Å². The largest absolute Gasteiger partial charge is 0.365 e. The smallest absolute Gasteiger partial charge is 0.276 e. The average Bonchev–Trinajstić information content (AvgIpc) is 3.32. The molecule has 2 aliphatic heterocycles. The minimum Gasteiger partial charge on any atom is -0.365 e. The summed E-state index contributed by atoms with van der Waals surface area (Å²) < 4.78 is 7.72. The molecule has 2 amide bonds. The van der Waals surface area contributed by atoms with Crippen LogP contribution in [0.15, 0.2) is 48.5 Å². The van der Waals surface area contributed by atoms with E-state index in [4.69, 9.17) is 21.6 Å². The molecule has 3 aromatic rings. The predicted molar refractivity (Wildman–Crippen MR) is 122 cm³/mol. The number of halogens is 1. The Bertz CT molecular complexity index is 1260. The van der Waals surface area contributed by atoms with Crippen LogP contribution in [-0.2, 0) is 17.9 Å². The summed E-state index contributed by atoms with van der Waals surface area (Å²) in [5.74, 6) is -0.320. The van der Waals surface area contributed by atoms with Crippen LogP contribution in [-0.4, -0.2) is 62.8 Å². The number of nitriles is 1. The maximum Gasteiger partial charge on any atom is 0.276 e. The highest BCUT2D eigenvalue weighted by Crippen LogP contribution is 2.28. The average molecular weight is 477 g/mol. The third-order valence-corrected chi connectivity index (χ3v) is 6.41. The van der Waals surface area contributed by atoms with E-state index in [1.54, 1.807) is 38.7 Å². The third kappa shape index (κ3) is 4.25. The van der Waals surface area contributed by atoms with Crippen molar-refractivity contribution in [3.63, 3.8) is 0 Å². The van der Waals surface area contributed by atoms with Crippen molar-refractivity contribution in [2.24, 2.45) is 0 Å². The molecule has 1 fully saturated rings. The lowest BCUT2D eigenvalue weighted by atomic mass is 10.1. The molecule has 1 saturated heterocycles. The molecule has 1 aromatic heterocycles. The maximum atomic E-state index is 13.1. The summed E-state index contributed by atoms with van der Waals surface area (Å²) >= 11 is 5.97. The van der Waals surface area contributed by atoms with Gasteiger partial charge in [-0.15, -0.1) is 5.10 Å². The molecule has 5 rings (SSSR count). The SMILES string of the molecule is N#Cc1ccc(C(=O)N2CCN(C(=O)c3nnn4c3CO[C@@H](c3ccc(Cl)cc3)C4)CC2)cc1. The third-order valence-electron chi connectivity index (χ3n) is 6.16. The molecular weight excluding hydrogens is 456 g/mol. The van der Waals surface area contributed by atoms with E-state index in [1.807, 2.05) is 30.3 Å². The van der Waals surface area contributed by atoms with Crippen molar-refractivity contribution >= 4 is 23.4 Å².